The average Bonchev–Trinajstić information content (AvgIpc) is 3.21. The van der Waals surface area contributed by atoms with Gasteiger partial charge in [-0.1, -0.05) is 195 Å². The highest BCUT2D eigenvalue weighted by Crippen LogP contribution is 2.22. The second kappa shape index (κ2) is 45.9. The number of aliphatic hydroxyl groups is 1. The molecule has 0 aromatic rings. The molecule has 57 heavy (non-hydrogen) atoms. The zero-order valence-corrected chi connectivity index (χ0v) is 39.1. The van der Waals surface area contributed by atoms with Crippen molar-refractivity contribution in [2.45, 2.75) is 265 Å². The van der Waals surface area contributed by atoms with Crippen LogP contribution in [0.25, 0.3) is 0 Å². The molecule has 0 saturated heterocycles. The number of hydrogen-bond acceptors (Lipinski definition) is 6. The summed E-state index contributed by atoms with van der Waals surface area (Å²) in [6.45, 7) is 13.8. The van der Waals surface area contributed by atoms with Crippen molar-refractivity contribution in [1.29, 1.82) is 0 Å². The molecule has 0 fully saturated rings. The van der Waals surface area contributed by atoms with Gasteiger partial charge in [-0.05, 0) is 90.3 Å². The number of carbonyl (C=O) groups is 2. The first kappa shape index (κ1) is 55.9. The van der Waals surface area contributed by atoms with Gasteiger partial charge in [0.05, 0.1) is 25.0 Å². The van der Waals surface area contributed by atoms with E-state index in [0.717, 1.165) is 116 Å². The predicted molar refractivity (Wildman–Crippen MR) is 246 cm³/mol. The molecule has 0 aliphatic heterocycles. The third kappa shape index (κ3) is 38.8. The number of aliphatic hydroxyl groups excluding tert-OH is 1. The predicted octanol–water partition coefficient (Wildman–Crippen LogP) is 15.1. The van der Waals surface area contributed by atoms with Gasteiger partial charge >= 0.3 is 11.9 Å². The van der Waals surface area contributed by atoms with E-state index in [2.05, 4.69) is 32.6 Å². The van der Waals surface area contributed by atoms with Crippen molar-refractivity contribution in [3.8, 4) is 0 Å². The van der Waals surface area contributed by atoms with Crippen LogP contribution >= 0.6 is 0 Å². The summed E-state index contributed by atoms with van der Waals surface area (Å²) in [4.78, 5) is 28.7. The topological polar surface area (TPSA) is 76.1 Å². The number of rotatable bonds is 47. The number of esters is 2. The van der Waals surface area contributed by atoms with Gasteiger partial charge in [0.2, 0.25) is 0 Å². The molecule has 0 heterocycles. The number of hydrogen-bond donors (Lipinski definition) is 1. The Morgan fingerprint density at radius 2 is 0.632 bits per heavy atom. The number of carbonyl (C=O) groups excluding carboxylic acids is 2. The summed E-state index contributed by atoms with van der Waals surface area (Å²) in [5.74, 6) is 0.321. The second-order valence-corrected chi connectivity index (χ2v) is 17.7. The molecule has 0 aromatic heterocycles. The van der Waals surface area contributed by atoms with Crippen LogP contribution in [0.5, 0.6) is 0 Å². The highest BCUT2D eigenvalue weighted by molar-refractivity contribution is 5.72. The molecule has 0 spiro atoms. The van der Waals surface area contributed by atoms with Crippen LogP contribution in [-0.4, -0.2) is 61.4 Å². The Kier molecular flexibility index (Phi) is 45.0. The van der Waals surface area contributed by atoms with Gasteiger partial charge in [0.1, 0.15) is 0 Å². The Balaban J connectivity index is 4.40. The summed E-state index contributed by atoms with van der Waals surface area (Å²) in [7, 11) is 0. The summed E-state index contributed by atoms with van der Waals surface area (Å²) in [6.07, 6.45) is 43.7. The molecule has 0 aromatic carbocycles. The summed E-state index contributed by atoms with van der Waals surface area (Å²) < 4.78 is 11.7. The third-order valence-electron chi connectivity index (χ3n) is 12.1. The molecular formula is C51H101NO5. The van der Waals surface area contributed by atoms with E-state index in [4.69, 9.17) is 9.47 Å². The average molecular weight is 808 g/mol. The molecule has 0 amide bonds. The van der Waals surface area contributed by atoms with E-state index in [1.807, 2.05) is 0 Å². The van der Waals surface area contributed by atoms with E-state index in [9.17, 15) is 14.7 Å². The lowest BCUT2D eigenvalue weighted by molar-refractivity contribution is -0.150. The minimum Gasteiger partial charge on any atom is -0.465 e. The molecular weight excluding hydrogens is 707 g/mol. The van der Waals surface area contributed by atoms with Crippen molar-refractivity contribution >= 4 is 11.9 Å². The molecule has 0 rings (SSSR count). The number of nitrogens with zero attached hydrogens (tertiary/aromatic N) is 1. The fourth-order valence-corrected chi connectivity index (χ4v) is 8.21. The SMILES string of the molecule is CCCCCCCCC(CCCCCC)C(=O)OCCCCCCCN(CCCCCO)CCCCCCOC(=O)C(CCCCCCC)CCCCCCCC. The quantitative estimate of drug-likeness (QED) is 0.0487. The molecule has 340 valence electrons. The third-order valence-corrected chi connectivity index (χ3v) is 12.1. The van der Waals surface area contributed by atoms with E-state index in [1.165, 1.54) is 141 Å². The summed E-state index contributed by atoms with van der Waals surface area (Å²) in [5, 5.41) is 9.25. The lowest BCUT2D eigenvalue weighted by Gasteiger charge is -2.22. The van der Waals surface area contributed by atoms with Crippen LogP contribution in [0.3, 0.4) is 0 Å². The molecule has 6 heteroatoms. The van der Waals surface area contributed by atoms with Crippen LogP contribution in [0.15, 0.2) is 0 Å². The zero-order chi connectivity index (χ0) is 41.7. The van der Waals surface area contributed by atoms with Crippen molar-refractivity contribution < 1.29 is 24.2 Å². The van der Waals surface area contributed by atoms with Crippen LogP contribution < -0.4 is 0 Å². The van der Waals surface area contributed by atoms with Gasteiger partial charge in [-0.25, -0.2) is 0 Å². The molecule has 0 saturated carbocycles. The van der Waals surface area contributed by atoms with Gasteiger partial charge in [-0.3, -0.25) is 9.59 Å². The molecule has 1 N–H and O–H groups in total. The molecule has 6 nitrogen and oxygen atoms in total. The number of unbranched alkanes of at least 4 members (excludes halogenated alkanes) is 26. The maximum Gasteiger partial charge on any atom is 0.308 e. The fourth-order valence-electron chi connectivity index (χ4n) is 8.21. The second-order valence-electron chi connectivity index (χ2n) is 17.7. The molecule has 2 atom stereocenters. The van der Waals surface area contributed by atoms with E-state index in [-0.39, 0.29) is 30.4 Å². The smallest absolute Gasteiger partial charge is 0.308 e. The largest absolute Gasteiger partial charge is 0.465 e. The lowest BCUT2D eigenvalue weighted by Crippen LogP contribution is -2.27. The minimum atomic E-state index is 0.0638. The normalized spacial score (nSPS) is 12.7. The van der Waals surface area contributed by atoms with Crippen molar-refractivity contribution in [3.05, 3.63) is 0 Å². The van der Waals surface area contributed by atoms with E-state index >= 15 is 0 Å². The van der Waals surface area contributed by atoms with Crippen molar-refractivity contribution in [2.75, 3.05) is 39.5 Å². The molecule has 0 aliphatic rings. The van der Waals surface area contributed by atoms with Crippen LogP contribution in [-0.2, 0) is 19.1 Å². The van der Waals surface area contributed by atoms with Gasteiger partial charge in [-0.15, -0.1) is 0 Å². The Bertz CT molecular complexity index is 821. The number of ether oxygens (including phenoxy) is 2. The van der Waals surface area contributed by atoms with Crippen molar-refractivity contribution in [2.24, 2.45) is 11.8 Å². The maximum atomic E-state index is 13.1. The van der Waals surface area contributed by atoms with Crippen LogP contribution in [0, 0.1) is 11.8 Å². The summed E-state index contributed by atoms with van der Waals surface area (Å²) in [6, 6.07) is 0. The molecule has 2 unspecified atom stereocenters. The maximum absolute atomic E-state index is 13.1. The Hall–Kier alpha value is -1.14. The first-order valence-corrected chi connectivity index (χ1v) is 25.7. The van der Waals surface area contributed by atoms with Gasteiger partial charge in [-0.2, -0.15) is 0 Å². The van der Waals surface area contributed by atoms with Crippen LogP contribution in [0.1, 0.15) is 265 Å². The Morgan fingerprint density at radius 1 is 0.368 bits per heavy atom. The minimum absolute atomic E-state index is 0.0638. The molecule has 0 radical (unpaired) electrons. The van der Waals surface area contributed by atoms with Crippen LogP contribution in [0.4, 0.5) is 0 Å². The van der Waals surface area contributed by atoms with Gasteiger partial charge in [0, 0.05) is 6.61 Å². The Morgan fingerprint density at radius 3 is 0.965 bits per heavy atom. The zero-order valence-electron chi connectivity index (χ0n) is 39.1. The summed E-state index contributed by atoms with van der Waals surface area (Å²) >= 11 is 0. The van der Waals surface area contributed by atoms with Gasteiger partial charge in [0.25, 0.3) is 0 Å². The first-order chi connectivity index (χ1) is 28.0. The van der Waals surface area contributed by atoms with Crippen LogP contribution in [0.2, 0.25) is 0 Å². The summed E-state index contributed by atoms with van der Waals surface area (Å²) in [5.41, 5.74) is 0. The van der Waals surface area contributed by atoms with Gasteiger partial charge in [0.15, 0.2) is 0 Å². The van der Waals surface area contributed by atoms with Crippen molar-refractivity contribution in [3.63, 3.8) is 0 Å². The monoisotopic (exact) mass is 808 g/mol. The lowest BCUT2D eigenvalue weighted by atomic mass is 9.94. The first-order valence-electron chi connectivity index (χ1n) is 25.7. The fraction of sp³-hybridized carbons (Fsp3) is 0.961. The highest BCUT2D eigenvalue weighted by Gasteiger charge is 2.20. The standard InChI is InChI=1S/C51H101NO5/c1-5-9-13-17-21-30-40-48(38-28-16-12-8-4)50(54)56-46-36-25-19-23-32-42-52(44-34-27-35-45-53)43-33-24-26-37-47-57-51(55)49(39-29-20-15-11-7-3)41-31-22-18-14-10-6-2/h48-49,53H,5-47H2,1-4H3. The van der Waals surface area contributed by atoms with E-state index in [0.29, 0.717) is 13.2 Å². The van der Waals surface area contributed by atoms with E-state index in [1.54, 1.807) is 0 Å². The molecule has 0 bridgehead atoms. The van der Waals surface area contributed by atoms with Gasteiger partial charge < -0.3 is 19.5 Å². The van der Waals surface area contributed by atoms with Crippen molar-refractivity contribution in [1.82, 2.24) is 4.90 Å². The Labute approximate surface area is 356 Å². The highest BCUT2D eigenvalue weighted by atomic mass is 16.5. The molecule has 0 aliphatic carbocycles. The van der Waals surface area contributed by atoms with E-state index < -0.39 is 0 Å².